The lowest BCUT2D eigenvalue weighted by Crippen LogP contribution is -2.12. The van der Waals surface area contributed by atoms with E-state index in [-0.39, 0.29) is 5.75 Å². The third kappa shape index (κ3) is 3.81. The van der Waals surface area contributed by atoms with Crippen molar-refractivity contribution in [3.05, 3.63) is 34.3 Å². The summed E-state index contributed by atoms with van der Waals surface area (Å²) in [5.41, 5.74) is 1.39. The lowest BCUT2D eigenvalue weighted by Gasteiger charge is -2.10. The Bertz CT molecular complexity index is 454. The smallest absolute Gasteiger partial charge is 0.150 e. The first-order valence-corrected chi connectivity index (χ1v) is 6.85. The fourth-order valence-corrected chi connectivity index (χ4v) is 2.14. The van der Waals surface area contributed by atoms with Crippen LogP contribution in [-0.2, 0) is 9.84 Å². The standard InChI is InChI=1S/C10H13ClO3S/c1-7-5-8(3-4-9(7)11)10(12)6-15(2,13)14/h3-5,10,12H,6H2,1-2H3. The highest BCUT2D eigenvalue weighted by Crippen LogP contribution is 2.21. The largest absolute Gasteiger partial charge is 0.387 e. The number of rotatable bonds is 3. The fraction of sp³-hybridized carbons (Fsp3) is 0.400. The summed E-state index contributed by atoms with van der Waals surface area (Å²) >= 11 is 5.82. The average Bonchev–Trinajstić information content (AvgIpc) is 2.06. The van der Waals surface area contributed by atoms with Crippen LogP contribution in [0, 0.1) is 6.92 Å². The molecule has 1 aromatic carbocycles. The van der Waals surface area contributed by atoms with E-state index in [0.29, 0.717) is 10.6 Å². The lowest BCUT2D eigenvalue weighted by atomic mass is 10.1. The van der Waals surface area contributed by atoms with E-state index in [9.17, 15) is 13.5 Å². The summed E-state index contributed by atoms with van der Waals surface area (Å²) in [5.74, 6) is -0.270. The van der Waals surface area contributed by atoms with E-state index in [2.05, 4.69) is 0 Å². The molecule has 0 radical (unpaired) electrons. The van der Waals surface area contributed by atoms with Gasteiger partial charge in [-0.05, 0) is 24.1 Å². The van der Waals surface area contributed by atoms with Crippen LogP contribution < -0.4 is 0 Å². The summed E-state index contributed by atoms with van der Waals surface area (Å²) < 4.78 is 22.0. The Labute approximate surface area is 94.6 Å². The van der Waals surface area contributed by atoms with Gasteiger partial charge >= 0.3 is 0 Å². The minimum absolute atomic E-state index is 0.270. The average molecular weight is 249 g/mol. The molecule has 1 aromatic rings. The second-order valence-corrected chi connectivity index (χ2v) is 6.21. The summed E-state index contributed by atoms with van der Waals surface area (Å²) in [7, 11) is -3.18. The summed E-state index contributed by atoms with van der Waals surface area (Å²) in [6.45, 7) is 1.80. The van der Waals surface area contributed by atoms with Crippen LogP contribution in [0.5, 0.6) is 0 Å². The Kier molecular flexibility index (Phi) is 3.76. The van der Waals surface area contributed by atoms with Crippen LogP contribution in [0.2, 0.25) is 5.02 Å². The maximum Gasteiger partial charge on any atom is 0.150 e. The van der Waals surface area contributed by atoms with Gasteiger partial charge in [0.15, 0.2) is 0 Å². The molecule has 1 unspecified atom stereocenters. The summed E-state index contributed by atoms with van der Waals surface area (Å²) in [6.07, 6.45) is 0.106. The van der Waals surface area contributed by atoms with E-state index in [4.69, 9.17) is 11.6 Å². The molecule has 0 aromatic heterocycles. The Morgan fingerprint density at radius 2 is 2.07 bits per heavy atom. The van der Waals surface area contributed by atoms with E-state index < -0.39 is 15.9 Å². The summed E-state index contributed by atoms with van der Waals surface area (Å²) in [5, 5.41) is 10.3. The van der Waals surface area contributed by atoms with Gasteiger partial charge in [-0.1, -0.05) is 23.7 Å². The predicted octanol–water partition coefficient (Wildman–Crippen LogP) is 1.73. The van der Waals surface area contributed by atoms with Gasteiger partial charge in [0.2, 0.25) is 0 Å². The van der Waals surface area contributed by atoms with Crippen LogP contribution in [0.15, 0.2) is 18.2 Å². The maximum atomic E-state index is 11.0. The highest BCUT2D eigenvalue weighted by molar-refractivity contribution is 7.90. The number of aryl methyl sites for hydroxylation is 1. The fourth-order valence-electron chi connectivity index (χ4n) is 1.26. The number of hydrogen-bond donors (Lipinski definition) is 1. The highest BCUT2D eigenvalue weighted by Gasteiger charge is 2.14. The topological polar surface area (TPSA) is 54.4 Å². The van der Waals surface area contributed by atoms with Gasteiger partial charge in [0.1, 0.15) is 9.84 Å². The molecular weight excluding hydrogens is 236 g/mol. The third-order valence-corrected chi connectivity index (χ3v) is 3.37. The molecule has 0 saturated heterocycles. The van der Waals surface area contributed by atoms with E-state index >= 15 is 0 Å². The Morgan fingerprint density at radius 1 is 1.47 bits per heavy atom. The van der Waals surface area contributed by atoms with Crippen molar-refractivity contribution in [2.24, 2.45) is 0 Å². The summed E-state index contributed by atoms with van der Waals surface area (Å²) in [6, 6.07) is 4.97. The molecule has 1 N–H and O–H groups in total. The van der Waals surface area contributed by atoms with Crippen molar-refractivity contribution in [2.75, 3.05) is 12.0 Å². The lowest BCUT2D eigenvalue weighted by molar-refractivity contribution is 0.202. The maximum absolute atomic E-state index is 11.0. The summed E-state index contributed by atoms with van der Waals surface area (Å²) in [4.78, 5) is 0. The zero-order chi connectivity index (χ0) is 11.6. The molecule has 15 heavy (non-hydrogen) atoms. The van der Waals surface area contributed by atoms with Gasteiger partial charge in [0, 0.05) is 11.3 Å². The first kappa shape index (κ1) is 12.5. The molecule has 0 bridgehead atoms. The van der Waals surface area contributed by atoms with Gasteiger partial charge in [0.05, 0.1) is 11.9 Å². The first-order chi connectivity index (χ1) is 6.79. The predicted molar refractivity (Wildman–Crippen MR) is 60.9 cm³/mol. The van der Waals surface area contributed by atoms with Crippen molar-refractivity contribution >= 4 is 21.4 Å². The van der Waals surface area contributed by atoms with E-state index in [1.54, 1.807) is 25.1 Å². The van der Waals surface area contributed by atoms with Gasteiger partial charge in [-0.2, -0.15) is 0 Å². The molecule has 0 amide bonds. The molecule has 0 fully saturated rings. The van der Waals surface area contributed by atoms with Gasteiger partial charge in [-0.3, -0.25) is 0 Å². The molecule has 0 spiro atoms. The van der Waals surface area contributed by atoms with Crippen molar-refractivity contribution in [1.82, 2.24) is 0 Å². The molecule has 84 valence electrons. The highest BCUT2D eigenvalue weighted by atomic mass is 35.5. The van der Waals surface area contributed by atoms with E-state index in [0.717, 1.165) is 11.8 Å². The molecule has 3 nitrogen and oxygen atoms in total. The van der Waals surface area contributed by atoms with Crippen LogP contribution in [0.1, 0.15) is 17.2 Å². The van der Waals surface area contributed by atoms with Crippen LogP contribution >= 0.6 is 11.6 Å². The Morgan fingerprint density at radius 3 is 2.53 bits per heavy atom. The van der Waals surface area contributed by atoms with Crippen molar-refractivity contribution in [3.8, 4) is 0 Å². The number of halogens is 1. The minimum atomic E-state index is -3.18. The molecule has 0 aliphatic heterocycles. The van der Waals surface area contributed by atoms with Crippen molar-refractivity contribution in [1.29, 1.82) is 0 Å². The van der Waals surface area contributed by atoms with Crippen molar-refractivity contribution < 1.29 is 13.5 Å². The minimum Gasteiger partial charge on any atom is -0.387 e. The van der Waals surface area contributed by atoms with Crippen molar-refractivity contribution in [3.63, 3.8) is 0 Å². The van der Waals surface area contributed by atoms with Crippen LogP contribution in [0.25, 0.3) is 0 Å². The second-order valence-electron chi connectivity index (χ2n) is 3.62. The quantitative estimate of drug-likeness (QED) is 0.886. The number of aliphatic hydroxyl groups excluding tert-OH is 1. The molecule has 0 heterocycles. The number of aliphatic hydroxyl groups is 1. The van der Waals surface area contributed by atoms with Gasteiger partial charge < -0.3 is 5.11 Å². The zero-order valence-electron chi connectivity index (χ0n) is 8.57. The van der Waals surface area contributed by atoms with Crippen molar-refractivity contribution in [2.45, 2.75) is 13.0 Å². The SMILES string of the molecule is Cc1cc(C(O)CS(C)(=O)=O)ccc1Cl. The molecule has 0 saturated carbocycles. The molecule has 5 heteroatoms. The monoisotopic (exact) mass is 248 g/mol. The molecule has 1 atom stereocenters. The molecular formula is C10H13ClO3S. The van der Waals surface area contributed by atoms with Gasteiger partial charge in [0.25, 0.3) is 0 Å². The van der Waals surface area contributed by atoms with Gasteiger partial charge in [-0.25, -0.2) is 8.42 Å². The molecule has 1 rings (SSSR count). The molecule has 0 aliphatic rings. The van der Waals surface area contributed by atoms with Crippen LogP contribution in [-0.4, -0.2) is 25.5 Å². The third-order valence-electron chi connectivity index (χ3n) is 2.03. The van der Waals surface area contributed by atoms with Gasteiger partial charge in [-0.15, -0.1) is 0 Å². The van der Waals surface area contributed by atoms with E-state index in [1.165, 1.54) is 0 Å². The first-order valence-electron chi connectivity index (χ1n) is 4.41. The Hall–Kier alpha value is -0.580. The van der Waals surface area contributed by atoms with Crippen LogP contribution in [0.3, 0.4) is 0 Å². The number of sulfone groups is 1. The van der Waals surface area contributed by atoms with E-state index in [1.807, 2.05) is 0 Å². The molecule has 0 aliphatic carbocycles. The number of benzene rings is 1. The zero-order valence-corrected chi connectivity index (χ0v) is 10.1. The second kappa shape index (κ2) is 4.51. The Balaban J connectivity index is 2.92. The normalized spacial score (nSPS) is 13.9. The van der Waals surface area contributed by atoms with Crippen LogP contribution in [0.4, 0.5) is 0 Å². The number of hydrogen-bond acceptors (Lipinski definition) is 3.